The first-order chi connectivity index (χ1) is 14.9. The molecule has 1 aromatic heterocycles. The topological polar surface area (TPSA) is 77.9 Å². The molecule has 8 nitrogen and oxygen atoms in total. The molecule has 0 aliphatic carbocycles. The number of hydrogen-bond acceptors (Lipinski definition) is 4. The highest BCUT2D eigenvalue weighted by Gasteiger charge is 2.40. The molecule has 1 N–H and O–H groups in total. The summed E-state index contributed by atoms with van der Waals surface area (Å²) in [5.74, 6) is -0.467. The van der Waals surface area contributed by atoms with Crippen molar-refractivity contribution < 1.29 is 14.4 Å². The average molecular weight is 424 g/mol. The van der Waals surface area contributed by atoms with Crippen LogP contribution < -0.4 is 10.2 Å². The minimum Gasteiger partial charge on any atom is -0.348 e. The molecule has 2 aromatic rings. The molecule has 0 radical (unpaired) electrons. The second-order valence-electron chi connectivity index (χ2n) is 8.21. The van der Waals surface area contributed by atoms with Crippen molar-refractivity contribution in [1.82, 2.24) is 19.7 Å². The summed E-state index contributed by atoms with van der Waals surface area (Å²) in [6.07, 6.45) is -0.00430. The van der Waals surface area contributed by atoms with Gasteiger partial charge in [-0.15, -0.1) is 0 Å². The molecule has 3 heterocycles. The lowest BCUT2D eigenvalue weighted by Gasteiger charge is -2.35. The van der Waals surface area contributed by atoms with Crippen LogP contribution in [0.4, 0.5) is 10.5 Å². The van der Waals surface area contributed by atoms with E-state index in [1.807, 2.05) is 6.07 Å². The summed E-state index contributed by atoms with van der Waals surface area (Å²) >= 11 is 0. The summed E-state index contributed by atoms with van der Waals surface area (Å²) in [5.41, 5.74) is 3.04. The molecule has 2 aliphatic rings. The number of benzene rings is 1. The maximum Gasteiger partial charge on any atom is 0.329 e. The van der Waals surface area contributed by atoms with Gasteiger partial charge in [0.1, 0.15) is 6.04 Å². The molecule has 1 unspecified atom stereocenters. The van der Waals surface area contributed by atoms with Crippen molar-refractivity contribution in [2.75, 3.05) is 37.6 Å². The van der Waals surface area contributed by atoms with Crippen molar-refractivity contribution in [3.05, 3.63) is 53.9 Å². The molecule has 31 heavy (non-hydrogen) atoms. The van der Waals surface area contributed by atoms with E-state index < -0.39 is 12.1 Å². The molecular weight excluding hydrogens is 394 g/mol. The Morgan fingerprint density at radius 2 is 1.58 bits per heavy atom. The zero-order chi connectivity index (χ0) is 22.0. The Morgan fingerprint density at radius 1 is 0.935 bits per heavy atom. The van der Waals surface area contributed by atoms with Gasteiger partial charge < -0.3 is 14.8 Å². The highest BCUT2D eigenvalue weighted by molar-refractivity contribution is 6.22. The predicted octanol–water partition coefficient (Wildman–Crippen LogP) is 1.76. The first-order valence-electron chi connectivity index (χ1n) is 10.8. The Balaban J connectivity index is 1.27. The second kappa shape index (κ2) is 8.93. The summed E-state index contributed by atoms with van der Waals surface area (Å²) in [6, 6.07) is 11.8. The van der Waals surface area contributed by atoms with Crippen LogP contribution in [0.5, 0.6) is 0 Å². The van der Waals surface area contributed by atoms with E-state index in [9.17, 15) is 14.4 Å². The number of carbonyl (C=O) groups excluding carboxylic acids is 3. The van der Waals surface area contributed by atoms with Crippen molar-refractivity contribution >= 4 is 23.5 Å². The predicted molar refractivity (Wildman–Crippen MR) is 118 cm³/mol. The summed E-state index contributed by atoms with van der Waals surface area (Å²) in [5, 5.41) is 2.65. The third-order valence-corrected chi connectivity index (χ3v) is 6.19. The minimum absolute atomic E-state index is 0.00430. The standard InChI is InChI=1S/C23H29N5O3/c1-17-8-9-18(2)27(17)15-12-25-10-13-26(14-11-25)21(29)16-20-22(30)28(23(31)24-20)19-6-4-3-5-7-19/h3-9,20H,10-16H2,1-2H3,(H,24,31). The van der Waals surface area contributed by atoms with Crippen LogP contribution in [0, 0.1) is 13.8 Å². The SMILES string of the molecule is Cc1ccc(C)n1CCN1CCN(C(=O)CC2NC(=O)N(c3ccccc3)C2=O)CC1. The van der Waals surface area contributed by atoms with Gasteiger partial charge in [-0.2, -0.15) is 0 Å². The van der Waals surface area contributed by atoms with Gasteiger partial charge in [0.2, 0.25) is 5.91 Å². The zero-order valence-electron chi connectivity index (χ0n) is 18.1. The smallest absolute Gasteiger partial charge is 0.329 e. The van der Waals surface area contributed by atoms with E-state index in [1.165, 1.54) is 11.4 Å². The lowest BCUT2D eigenvalue weighted by Crippen LogP contribution is -2.50. The number of anilines is 1. The van der Waals surface area contributed by atoms with Crippen molar-refractivity contribution in [3.8, 4) is 0 Å². The molecule has 164 valence electrons. The number of para-hydroxylation sites is 1. The maximum absolute atomic E-state index is 12.8. The summed E-state index contributed by atoms with van der Waals surface area (Å²) in [7, 11) is 0. The first kappa shape index (κ1) is 21.1. The van der Waals surface area contributed by atoms with Crippen LogP contribution in [0.15, 0.2) is 42.5 Å². The Bertz CT molecular complexity index is 943. The van der Waals surface area contributed by atoms with Crippen molar-refractivity contribution in [1.29, 1.82) is 0 Å². The number of carbonyl (C=O) groups is 3. The van der Waals surface area contributed by atoms with E-state index in [-0.39, 0.29) is 18.2 Å². The zero-order valence-corrected chi connectivity index (χ0v) is 18.1. The van der Waals surface area contributed by atoms with Crippen LogP contribution in [-0.2, 0) is 16.1 Å². The molecule has 8 heteroatoms. The average Bonchev–Trinajstić information content (AvgIpc) is 3.24. The summed E-state index contributed by atoms with van der Waals surface area (Å²) in [6.45, 7) is 9.02. The lowest BCUT2D eigenvalue weighted by atomic mass is 10.1. The molecule has 2 saturated heterocycles. The fourth-order valence-corrected chi connectivity index (χ4v) is 4.31. The third kappa shape index (κ3) is 4.49. The number of amides is 4. The fourth-order valence-electron chi connectivity index (χ4n) is 4.31. The molecular formula is C23H29N5O3. The van der Waals surface area contributed by atoms with Gasteiger partial charge in [-0.25, -0.2) is 9.69 Å². The number of hydrogen-bond donors (Lipinski definition) is 1. The Hall–Kier alpha value is -3.13. The summed E-state index contributed by atoms with van der Waals surface area (Å²) in [4.78, 5) is 43.0. The van der Waals surface area contributed by atoms with E-state index in [0.717, 1.165) is 31.1 Å². The maximum atomic E-state index is 12.8. The molecule has 1 atom stereocenters. The molecule has 1 aromatic carbocycles. The van der Waals surface area contributed by atoms with Gasteiger partial charge in [-0.1, -0.05) is 18.2 Å². The van der Waals surface area contributed by atoms with Crippen molar-refractivity contribution in [2.24, 2.45) is 0 Å². The van der Waals surface area contributed by atoms with Crippen LogP contribution in [0.1, 0.15) is 17.8 Å². The lowest BCUT2D eigenvalue weighted by molar-refractivity contribution is -0.135. The number of nitrogens with zero attached hydrogens (tertiary/aromatic N) is 4. The van der Waals surface area contributed by atoms with Gasteiger partial charge in [0.05, 0.1) is 12.1 Å². The van der Waals surface area contributed by atoms with E-state index >= 15 is 0 Å². The minimum atomic E-state index is -0.807. The van der Waals surface area contributed by atoms with Crippen molar-refractivity contribution in [3.63, 3.8) is 0 Å². The number of urea groups is 1. The van der Waals surface area contributed by atoms with Crippen LogP contribution in [-0.4, -0.2) is 71.0 Å². The van der Waals surface area contributed by atoms with E-state index in [2.05, 4.69) is 40.8 Å². The fraction of sp³-hybridized carbons (Fsp3) is 0.435. The number of nitrogens with one attached hydrogen (secondary N) is 1. The van der Waals surface area contributed by atoms with Crippen LogP contribution >= 0.6 is 0 Å². The van der Waals surface area contributed by atoms with Crippen LogP contribution in [0.2, 0.25) is 0 Å². The van der Waals surface area contributed by atoms with Crippen LogP contribution in [0.3, 0.4) is 0 Å². The highest BCUT2D eigenvalue weighted by atomic mass is 16.2. The molecule has 4 rings (SSSR count). The Kier molecular flexibility index (Phi) is 6.08. The van der Waals surface area contributed by atoms with Gasteiger partial charge in [0, 0.05) is 50.7 Å². The highest BCUT2D eigenvalue weighted by Crippen LogP contribution is 2.20. The quantitative estimate of drug-likeness (QED) is 0.719. The van der Waals surface area contributed by atoms with Crippen LogP contribution in [0.25, 0.3) is 0 Å². The number of imide groups is 1. The van der Waals surface area contributed by atoms with E-state index in [4.69, 9.17) is 0 Å². The van der Waals surface area contributed by atoms with E-state index in [0.29, 0.717) is 18.8 Å². The number of aryl methyl sites for hydroxylation is 2. The molecule has 4 amide bonds. The molecule has 0 saturated carbocycles. The molecule has 2 aliphatic heterocycles. The van der Waals surface area contributed by atoms with Gasteiger partial charge in [-0.05, 0) is 38.1 Å². The number of piperazine rings is 1. The summed E-state index contributed by atoms with van der Waals surface area (Å²) < 4.78 is 2.31. The monoisotopic (exact) mass is 423 g/mol. The molecule has 0 bridgehead atoms. The third-order valence-electron chi connectivity index (χ3n) is 6.19. The van der Waals surface area contributed by atoms with Gasteiger partial charge in [0.25, 0.3) is 5.91 Å². The first-order valence-corrected chi connectivity index (χ1v) is 10.8. The van der Waals surface area contributed by atoms with Gasteiger partial charge in [0.15, 0.2) is 0 Å². The second-order valence-corrected chi connectivity index (χ2v) is 8.21. The Labute approximate surface area is 182 Å². The Morgan fingerprint density at radius 3 is 2.23 bits per heavy atom. The molecule has 2 fully saturated rings. The number of aromatic nitrogens is 1. The van der Waals surface area contributed by atoms with Crippen molar-refractivity contribution in [2.45, 2.75) is 32.9 Å². The normalized spacial score (nSPS) is 19.7. The van der Waals surface area contributed by atoms with Gasteiger partial charge >= 0.3 is 6.03 Å². The van der Waals surface area contributed by atoms with E-state index in [1.54, 1.807) is 29.2 Å². The van der Waals surface area contributed by atoms with Gasteiger partial charge in [-0.3, -0.25) is 14.5 Å². The number of rotatable bonds is 6. The largest absolute Gasteiger partial charge is 0.348 e. The molecule has 0 spiro atoms.